The Morgan fingerprint density at radius 2 is 1.74 bits per heavy atom. The molecule has 1 aliphatic rings. The number of halogens is 3. The van der Waals surface area contributed by atoms with E-state index in [0.717, 1.165) is 44.1 Å². The summed E-state index contributed by atoms with van der Waals surface area (Å²) in [4.78, 5) is 20.9. The van der Waals surface area contributed by atoms with Crippen molar-refractivity contribution in [1.82, 2.24) is 15.2 Å². The van der Waals surface area contributed by atoms with E-state index in [9.17, 15) is 18.0 Å². The van der Waals surface area contributed by atoms with Gasteiger partial charge in [-0.25, -0.2) is 4.98 Å². The summed E-state index contributed by atoms with van der Waals surface area (Å²) in [6, 6.07) is 10.1. The van der Waals surface area contributed by atoms with Gasteiger partial charge in [0.15, 0.2) is 0 Å². The second kappa shape index (κ2) is 8.39. The Hall–Kier alpha value is -2.61. The fourth-order valence-electron chi connectivity index (χ4n) is 2.98. The minimum atomic E-state index is -4.40. The van der Waals surface area contributed by atoms with Crippen molar-refractivity contribution < 1.29 is 18.0 Å². The highest BCUT2D eigenvalue weighted by atomic mass is 19.4. The molecule has 0 spiro atoms. The SMILES string of the molecule is O=C(NCCN1CCN(c2ccccn2)CC1)c1ccc(C(F)(F)F)cc1. The van der Waals surface area contributed by atoms with E-state index in [1.165, 1.54) is 12.1 Å². The highest BCUT2D eigenvalue weighted by Crippen LogP contribution is 2.29. The van der Waals surface area contributed by atoms with E-state index in [1.54, 1.807) is 6.20 Å². The number of pyridine rings is 1. The van der Waals surface area contributed by atoms with Crippen molar-refractivity contribution in [3.8, 4) is 0 Å². The first kappa shape index (κ1) is 19.2. The molecule has 27 heavy (non-hydrogen) atoms. The predicted molar refractivity (Wildman–Crippen MR) is 96.7 cm³/mol. The van der Waals surface area contributed by atoms with Gasteiger partial charge in [-0.2, -0.15) is 13.2 Å². The molecule has 3 rings (SSSR count). The van der Waals surface area contributed by atoms with Gasteiger partial charge in [-0.05, 0) is 36.4 Å². The molecule has 144 valence electrons. The molecule has 1 saturated heterocycles. The minimum Gasteiger partial charge on any atom is -0.354 e. The van der Waals surface area contributed by atoms with Crippen molar-refractivity contribution in [2.75, 3.05) is 44.2 Å². The lowest BCUT2D eigenvalue weighted by Gasteiger charge is -2.35. The average molecular weight is 378 g/mol. The minimum absolute atomic E-state index is 0.225. The van der Waals surface area contributed by atoms with Crippen molar-refractivity contribution in [3.63, 3.8) is 0 Å². The van der Waals surface area contributed by atoms with E-state index in [4.69, 9.17) is 0 Å². The quantitative estimate of drug-likeness (QED) is 0.869. The summed E-state index contributed by atoms with van der Waals surface area (Å²) in [5.74, 6) is 0.601. The number of carbonyl (C=O) groups excluding carboxylic acids is 1. The van der Waals surface area contributed by atoms with Crippen LogP contribution < -0.4 is 10.2 Å². The maximum Gasteiger partial charge on any atom is 0.416 e. The van der Waals surface area contributed by atoms with Gasteiger partial charge in [0.2, 0.25) is 0 Å². The molecule has 0 aliphatic carbocycles. The number of hydrogen-bond donors (Lipinski definition) is 1. The van der Waals surface area contributed by atoms with Gasteiger partial charge < -0.3 is 10.2 Å². The summed E-state index contributed by atoms with van der Waals surface area (Å²) < 4.78 is 37.7. The summed E-state index contributed by atoms with van der Waals surface area (Å²) >= 11 is 0. The van der Waals surface area contributed by atoms with Crippen LogP contribution in [0, 0.1) is 0 Å². The van der Waals surface area contributed by atoms with E-state index in [-0.39, 0.29) is 11.5 Å². The third-order valence-electron chi connectivity index (χ3n) is 4.53. The molecule has 1 amide bonds. The summed E-state index contributed by atoms with van der Waals surface area (Å²) in [5.41, 5.74) is -0.534. The summed E-state index contributed by atoms with van der Waals surface area (Å²) in [6.45, 7) is 4.61. The van der Waals surface area contributed by atoms with Gasteiger partial charge in [-0.1, -0.05) is 6.07 Å². The standard InChI is InChI=1S/C19H21F3N4O/c20-19(21,22)16-6-4-15(5-7-16)18(27)24-9-10-25-11-13-26(14-12-25)17-3-1-2-8-23-17/h1-8H,9-14H2,(H,24,27). The predicted octanol–water partition coefficient (Wildman–Crippen LogP) is 2.65. The number of nitrogens with one attached hydrogen (secondary N) is 1. The molecular formula is C19H21F3N4O. The van der Waals surface area contributed by atoms with Crippen LogP contribution in [0.5, 0.6) is 0 Å². The van der Waals surface area contributed by atoms with Crippen molar-refractivity contribution in [2.45, 2.75) is 6.18 Å². The Labute approximate surface area is 155 Å². The Morgan fingerprint density at radius 3 is 2.33 bits per heavy atom. The number of carbonyl (C=O) groups is 1. The van der Waals surface area contributed by atoms with Gasteiger partial charge >= 0.3 is 6.18 Å². The Bertz CT molecular complexity index is 742. The van der Waals surface area contributed by atoms with E-state index >= 15 is 0 Å². The third kappa shape index (κ3) is 5.19. The second-order valence-electron chi connectivity index (χ2n) is 6.35. The molecule has 1 aromatic heterocycles. The molecular weight excluding hydrogens is 357 g/mol. The molecule has 1 N–H and O–H groups in total. The van der Waals surface area contributed by atoms with E-state index in [2.05, 4.69) is 20.1 Å². The fourth-order valence-corrected chi connectivity index (χ4v) is 2.98. The van der Waals surface area contributed by atoms with Crippen LogP contribution in [0.3, 0.4) is 0 Å². The molecule has 0 bridgehead atoms. The first-order chi connectivity index (χ1) is 12.9. The topological polar surface area (TPSA) is 48.5 Å². The smallest absolute Gasteiger partial charge is 0.354 e. The number of amides is 1. The van der Waals surface area contributed by atoms with Crippen LogP contribution in [0.1, 0.15) is 15.9 Å². The van der Waals surface area contributed by atoms with Crippen molar-refractivity contribution in [1.29, 1.82) is 0 Å². The van der Waals surface area contributed by atoms with Gasteiger partial charge in [-0.15, -0.1) is 0 Å². The van der Waals surface area contributed by atoms with Gasteiger partial charge in [0.05, 0.1) is 5.56 Å². The zero-order valence-corrected chi connectivity index (χ0v) is 14.7. The number of alkyl halides is 3. The number of anilines is 1. The van der Waals surface area contributed by atoms with Crippen LogP contribution >= 0.6 is 0 Å². The fraction of sp³-hybridized carbons (Fsp3) is 0.368. The van der Waals surface area contributed by atoms with Crippen LogP contribution in [-0.4, -0.2) is 55.1 Å². The number of hydrogen-bond acceptors (Lipinski definition) is 4. The number of nitrogens with zero attached hydrogens (tertiary/aromatic N) is 3. The van der Waals surface area contributed by atoms with Gasteiger partial charge in [-0.3, -0.25) is 9.69 Å². The summed E-state index contributed by atoms with van der Waals surface area (Å²) in [5, 5.41) is 2.76. The largest absolute Gasteiger partial charge is 0.416 e. The number of piperazine rings is 1. The van der Waals surface area contributed by atoms with Crippen LogP contribution in [-0.2, 0) is 6.18 Å². The molecule has 5 nitrogen and oxygen atoms in total. The number of rotatable bonds is 5. The van der Waals surface area contributed by atoms with E-state index in [1.807, 2.05) is 18.2 Å². The van der Waals surface area contributed by atoms with E-state index < -0.39 is 11.7 Å². The Balaban J connectivity index is 1.41. The van der Waals surface area contributed by atoms with Crippen LogP contribution in [0.2, 0.25) is 0 Å². The molecule has 1 fully saturated rings. The molecule has 1 aromatic carbocycles. The monoisotopic (exact) mass is 378 g/mol. The van der Waals surface area contributed by atoms with Gasteiger partial charge in [0.1, 0.15) is 5.82 Å². The maximum absolute atomic E-state index is 12.6. The van der Waals surface area contributed by atoms with E-state index in [0.29, 0.717) is 13.1 Å². The zero-order valence-electron chi connectivity index (χ0n) is 14.7. The molecule has 0 saturated carbocycles. The Morgan fingerprint density at radius 1 is 1.04 bits per heavy atom. The molecule has 0 atom stereocenters. The molecule has 0 radical (unpaired) electrons. The molecule has 0 unspecified atom stereocenters. The lowest BCUT2D eigenvalue weighted by molar-refractivity contribution is -0.137. The second-order valence-corrected chi connectivity index (χ2v) is 6.35. The van der Waals surface area contributed by atoms with Gasteiger partial charge in [0.25, 0.3) is 5.91 Å². The van der Waals surface area contributed by atoms with Crippen LogP contribution in [0.4, 0.5) is 19.0 Å². The lowest BCUT2D eigenvalue weighted by Crippen LogP contribution is -2.48. The summed E-state index contributed by atoms with van der Waals surface area (Å²) in [7, 11) is 0. The lowest BCUT2D eigenvalue weighted by atomic mass is 10.1. The number of benzene rings is 1. The molecule has 2 aromatic rings. The van der Waals surface area contributed by atoms with Crippen molar-refractivity contribution in [2.24, 2.45) is 0 Å². The number of aromatic nitrogens is 1. The first-order valence-electron chi connectivity index (χ1n) is 8.77. The molecule has 2 heterocycles. The van der Waals surface area contributed by atoms with Crippen molar-refractivity contribution >= 4 is 11.7 Å². The molecule has 1 aliphatic heterocycles. The maximum atomic E-state index is 12.6. The van der Waals surface area contributed by atoms with Crippen molar-refractivity contribution in [3.05, 3.63) is 59.8 Å². The average Bonchev–Trinajstić information content (AvgIpc) is 2.68. The Kier molecular flexibility index (Phi) is 5.95. The van der Waals surface area contributed by atoms with Crippen LogP contribution in [0.25, 0.3) is 0 Å². The highest BCUT2D eigenvalue weighted by Gasteiger charge is 2.30. The molecule has 8 heteroatoms. The van der Waals surface area contributed by atoms with Gasteiger partial charge in [0, 0.05) is 51.0 Å². The normalized spacial score (nSPS) is 15.6. The highest BCUT2D eigenvalue weighted by molar-refractivity contribution is 5.94. The third-order valence-corrected chi connectivity index (χ3v) is 4.53. The summed E-state index contributed by atoms with van der Waals surface area (Å²) in [6.07, 6.45) is -2.62. The van der Waals surface area contributed by atoms with Crippen LogP contribution in [0.15, 0.2) is 48.7 Å². The first-order valence-corrected chi connectivity index (χ1v) is 8.77. The zero-order chi connectivity index (χ0) is 19.3.